The first-order valence-electron chi connectivity index (χ1n) is 10.4. The van der Waals surface area contributed by atoms with Crippen LogP contribution in [0.5, 0.6) is 0 Å². The van der Waals surface area contributed by atoms with Crippen LogP contribution < -0.4 is 10.6 Å². The van der Waals surface area contributed by atoms with Crippen molar-refractivity contribution >= 4 is 17.5 Å². The smallest absolute Gasteiger partial charge is 0.410 e. The van der Waals surface area contributed by atoms with Gasteiger partial charge in [0.2, 0.25) is 0 Å². The molecule has 1 amide bonds. The van der Waals surface area contributed by atoms with E-state index in [1.165, 1.54) is 5.56 Å². The Morgan fingerprint density at radius 3 is 2.29 bits per heavy atom. The standard InChI is InChI=1S/C22H35N3O3/c1-22(2,3)28-21(26)25-11-7-16(8-12-25)17-5-6-19(23)20(15-17)24-13-9-18(27-4)10-14-24/h5-6,15-16,18H,7-14,23H2,1-4H3. The van der Waals surface area contributed by atoms with Crippen LogP contribution in [0.2, 0.25) is 0 Å². The lowest BCUT2D eigenvalue weighted by atomic mass is 9.89. The Hall–Kier alpha value is -1.95. The van der Waals surface area contributed by atoms with Crippen LogP contribution in [-0.2, 0) is 9.47 Å². The van der Waals surface area contributed by atoms with Crippen LogP contribution in [0, 0.1) is 0 Å². The topological polar surface area (TPSA) is 68.0 Å². The van der Waals surface area contributed by atoms with Gasteiger partial charge in [-0.1, -0.05) is 6.07 Å². The van der Waals surface area contributed by atoms with E-state index < -0.39 is 5.60 Å². The minimum Gasteiger partial charge on any atom is -0.444 e. The number of nitrogens with zero attached hydrogens (tertiary/aromatic N) is 2. The molecule has 156 valence electrons. The third-order valence-corrected chi connectivity index (χ3v) is 5.79. The fourth-order valence-electron chi connectivity index (χ4n) is 4.14. The van der Waals surface area contributed by atoms with Crippen LogP contribution in [0.1, 0.15) is 57.9 Å². The zero-order chi connectivity index (χ0) is 20.3. The molecule has 2 heterocycles. The van der Waals surface area contributed by atoms with Crippen LogP contribution in [0.3, 0.4) is 0 Å². The summed E-state index contributed by atoms with van der Waals surface area (Å²) >= 11 is 0. The molecule has 0 radical (unpaired) electrons. The zero-order valence-electron chi connectivity index (χ0n) is 17.7. The molecule has 0 saturated carbocycles. The van der Waals surface area contributed by atoms with Gasteiger partial charge in [0.25, 0.3) is 0 Å². The second-order valence-corrected chi connectivity index (χ2v) is 8.98. The quantitative estimate of drug-likeness (QED) is 0.792. The summed E-state index contributed by atoms with van der Waals surface area (Å²) in [6, 6.07) is 6.44. The number of piperidine rings is 2. The molecule has 2 fully saturated rings. The molecule has 3 rings (SSSR count). The number of methoxy groups -OCH3 is 1. The number of rotatable bonds is 3. The van der Waals surface area contributed by atoms with Gasteiger partial charge >= 0.3 is 6.09 Å². The van der Waals surface area contributed by atoms with Crippen molar-refractivity contribution in [3.05, 3.63) is 23.8 Å². The van der Waals surface area contributed by atoms with Gasteiger partial charge in [0.05, 0.1) is 17.5 Å². The first-order chi connectivity index (χ1) is 13.3. The molecule has 1 aromatic rings. The van der Waals surface area contributed by atoms with E-state index in [4.69, 9.17) is 15.2 Å². The maximum absolute atomic E-state index is 12.3. The number of nitrogens with two attached hydrogens (primary N) is 1. The highest BCUT2D eigenvalue weighted by Gasteiger charge is 2.28. The third kappa shape index (κ3) is 5.10. The first kappa shape index (κ1) is 20.8. The largest absolute Gasteiger partial charge is 0.444 e. The molecule has 1 aromatic carbocycles. The molecule has 2 aliphatic rings. The van der Waals surface area contributed by atoms with Crippen LogP contribution >= 0.6 is 0 Å². The van der Waals surface area contributed by atoms with Gasteiger partial charge < -0.3 is 25.0 Å². The fourth-order valence-corrected chi connectivity index (χ4v) is 4.14. The van der Waals surface area contributed by atoms with Gasteiger partial charge in [-0.3, -0.25) is 0 Å². The van der Waals surface area contributed by atoms with E-state index in [1.54, 1.807) is 7.11 Å². The molecule has 6 heteroatoms. The van der Waals surface area contributed by atoms with Gasteiger partial charge in [-0.25, -0.2) is 4.79 Å². The molecule has 0 aromatic heterocycles. The number of nitrogen functional groups attached to an aromatic ring is 1. The average molecular weight is 390 g/mol. The minimum absolute atomic E-state index is 0.204. The Morgan fingerprint density at radius 1 is 1.07 bits per heavy atom. The third-order valence-electron chi connectivity index (χ3n) is 5.79. The zero-order valence-corrected chi connectivity index (χ0v) is 17.7. The van der Waals surface area contributed by atoms with Crippen LogP contribution in [0.25, 0.3) is 0 Å². The molecule has 0 atom stereocenters. The highest BCUT2D eigenvalue weighted by Crippen LogP contribution is 2.34. The molecule has 2 N–H and O–H groups in total. The Kier molecular flexibility index (Phi) is 6.38. The first-order valence-corrected chi connectivity index (χ1v) is 10.4. The van der Waals surface area contributed by atoms with E-state index in [0.717, 1.165) is 63.2 Å². The SMILES string of the molecule is COC1CCN(c2cc(C3CCN(C(=O)OC(C)(C)C)CC3)ccc2N)CC1. The predicted octanol–water partition coefficient (Wildman–Crippen LogP) is 4.00. The summed E-state index contributed by atoms with van der Waals surface area (Å²) in [4.78, 5) is 16.5. The van der Waals surface area contributed by atoms with Gasteiger partial charge in [-0.05, 0) is 70.1 Å². The molecule has 0 unspecified atom stereocenters. The average Bonchev–Trinajstić information content (AvgIpc) is 2.67. The lowest BCUT2D eigenvalue weighted by Gasteiger charge is -2.35. The van der Waals surface area contributed by atoms with Crippen molar-refractivity contribution in [2.75, 3.05) is 43.9 Å². The summed E-state index contributed by atoms with van der Waals surface area (Å²) < 4.78 is 11.0. The van der Waals surface area contributed by atoms with Crippen molar-refractivity contribution in [1.82, 2.24) is 4.90 Å². The van der Waals surface area contributed by atoms with Gasteiger partial charge in [-0.15, -0.1) is 0 Å². The summed E-state index contributed by atoms with van der Waals surface area (Å²) in [6.45, 7) is 9.14. The van der Waals surface area contributed by atoms with E-state index >= 15 is 0 Å². The summed E-state index contributed by atoms with van der Waals surface area (Å²) in [5.74, 6) is 0.453. The molecule has 2 aliphatic heterocycles. The Labute approximate surface area is 169 Å². The fraction of sp³-hybridized carbons (Fsp3) is 0.682. The monoisotopic (exact) mass is 389 g/mol. The maximum Gasteiger partial charge on any atom is 0.410 e. The van der Waals surface area contributed by atoms with Gasteiger partial charge in [0.1, 0.15) is 5.60 Å². The van der Waals surface area contributed by atoms with E-state index in [0.29, 0.717) is 12.0 Å². The number of benzene rings is 1. The predicted molar refractivity (Wildman–Crippen MR) is 113 cm³/mol. The number of carbonyl (C=O) groups excluding carboxylic acids is 1. The lowest BCUT2D eigenvalue weighted by molar-refractivity contribution is 0.0205. The second kappa shape index (κ2) is 8.60. The molecule has 0 bridgehead atoms. The Balaban J connectivity index is 1.62. The summed E-state index contributed by atoms with van der Waals surface area (Å²) in [7, 11) is 1.79. The number of hydrogen-bond donors (Lipinski definition) is 1. The van der Waals surface area contributed by atoms with Gasteiger partial charge in [0.15, 0.2) is 0 Å². The number of ether oxygens (including phenoxy) is 2. The van der Waals surface area contributed by atoms with E-state index in [-0.39, 0.29) is 6.09 Å². The second-order valence-electron chi connectivity index (χ2n) is 8.98. The Morgan fingerprint density at radius 2 is 1.71 bits per heavy atom. The van der Waals surface area contributed by atoms with E-state index in [2.05, 4.69) is 17.0 Å². The molecular weight excluding hydrogens is 354 g/mol. The molecule has 6 nitrogen and oxygen atoms in total. The number of likely N-dealkylation sites (tertiary alicyclic amines) is 1. The van der Waals surface area contributed by atoms with E-state index in [1.807, 2.05) is 31.7 Å². The molecule has 0 aliphatic carbocycles. The molecule has 0 spiro atoms. The summed E-state index contributed by atoms with van der Waals surface area (Å²) in [6.07, 6.45) is 4.13. The molecular formula is C22H35N3O3. The highest BCUT2D eigenvalue weighted by atomic mass is 16.6. The van der Waals surface area contributed by atoms with Gasteiger partial charge in [0, 0.05) is 33.3 Å². The number of amides is 1. The molecule has 2 saturated heterocycles. The normalized spacial score (nSPS) is 19.7. The minimum atomic E-state index is -0.448. The molecule has 28 heavy (non-hydrogen) atoms. The number of anilines is 2. The van der Waals surface area contributed by atoms with E-state index in [9.17, 15) is 4.79 Å². The summed E-state index contributed by atoms with van der Waals surface area (Å²) in [5, 5.41) is 0. The number of carbonyl (C=O) groups is 1. The van der Waals surface area contributed by atoms with Crippen molar-refractivity contribution in [2.45, 2.75) is 64.1 Å². The van der Waals surface area contributed by atoms with Crippen molar-refractivity contribution in [3.63, 3.8) is 0 Å². The van der Waals surface area contributed by atoms with Crippen LogP contribution in [-0.4, -0.2) is 56.0 Å². The van der Waals surface area contributed by atoms with Crippen molar-refractivity contribution in [3.8, 4) is 0 Å². The van der Waals surface area contributed by atoms with Crippen LogP contribution in [0.15, 0.2) is 18.2 Å². The maximum atomic E-state index is 12.3. The van der Waals surface area contributed by atoms with Crippen molar-refractivity contribution in [1.29, 1.82) is 0 Å². The number of hydrogen-bond acceptors (Lipinski definition) is 5. The highest BCUT2D eigenvalue weighted by molar-refractivity contribution is 5.70. The Bertz CT molecular complexity index is 670. The summed E-state index contributed by atoms with van der Waals surface area (Å²) in [5.41, 5.74) is 9.15. The lowest BCUT2D eigenvalue weighted by Crippen LogP contribution is -2.41. The van der Waals surface area contributed by atoms with Crippen LogP contribution in [0.4, 0.5) is 16.2 Å². The van der Waals surface area contributed by atoms with Gasteiger partial charge in [-0.2, -0.15) is 0 Å². The van der Waals surface area contributed by atoms with Crippen molar-refractivity contribution < 1.29 is 14.3 Å². The van der Waals surface area contributed by atoms with Crippen molar-refractivity contribution in [2.24, 2.45) is 0 Å².